The molecule has 2 unspecified atom stereocenters. The summed E-state index contributed by atoms with van der Waals surface area (Å²) in [5.41, 5.74) is -0.299. The molecule has 4 saturated carbocycles. The third-order valence-electron chi connectivity index (χ3n) is 6.92. The molecule has 0 aliphatic heterocycles. The Hall–Kier alpha value is -1.93. The van der Waals surface area contributed by atoms with Crippen LogP contribution in [-0.2, 0) is 19.1 Å². The maximum atomic E-state index is 12.9. The third-order valence-corrected chi connectivity index (χ3v) is 8.04. The summed E-state index contributed by atoms with van der Waals surface area (Å²) < 4.78 is 10.5. The van der Waals surface area contributed by atoms with Crippen LogP contribution in [0.4, 0.5) is 5.00 Å². The fraction of sp³-hybridized carbons (Fsp3) is 0.682. The van der Waals surface area contributed by atoms with Crippen molar-refractivity contribution in [1.82, 2.24) is 0 Å². The molecule has 8 heteroatoms. The van der Waals surface area contributed by atoms with Gasteiger partial charge in [-0.1, -0.05) is 0 Å². The van der Waals surface area contributed by atoms with E-state index >= 15 is 0 Å². The van der Waals surface area contributed by atoms with Crippen LogP contribution in [0.25, 0.3) is 0 Å². The fourth-order valence-electron chi connectivity index (χ4n) is 6.06. The van der Waals surface area contributed by atoms with Gasteiger partial charge in [-0.05, 0) is 76.7 Å². The Kier molecular flexibility index (Phi) is 5.43. The molecule has 2 atom stereocenters. The second-order valence-corrected chi connectivity index (χ2v) is 10.5. The number of anilines is 1. The van der Waals surface area contributed by atoms with Gasteiger partial charge >= 0.3 is 11.9 Å². The molecule has 4 bridgehead atoms. The topological polar surface area (TPSA) is 102 Å². The predicted molar refractivity (Wildman–Crippen MR) is 111 cm³/mol. The molecular weight excluding hydrogens is 406 g/mol. The van der Waals surface area contributed by atoms with Gasteiger partial charge in [0.25, 0.3) is 5.91 Å². The average molecular weight is 436 g/mol. The van der Waals surface area contributed by atoms with Crippen molar-refractivity contribution in [3.63, 3.8) is 0 Å². The van der Waals surface area contributed by atoms with Crippen LogP contribution < -0.4 is 5.32 Å². The molecule has 30 heavy (non-hydrogen) atoms. The van der Waals surface area contributed by atoms with Gasteiger partial charge in [0.15, 0.2) is 6.61 Å². The number of carbonyl (C=O) groups is 3. The Morgan fingerprint density at radius 2 is 1.80 bits per heavy atom. The molecule has 164 valence electrons. The molecule has 4 aliphatic carbocycles. The first-order valence-electron chi connectivity index (χ1n) is 10.6. The SMILES string of the molecule is CCOC(=O)c1c(NC(=O)COC(=O)C23CC4CC(CC(O)(C4)C2)C3)sc(C)c1C. The zero-order chi connectivity index (χ0) is 21.7. The van der Waals surface area contributed by atoms with E-state index in [0.717, 1.165) is 42.5 Å². The van der Waals surface area contributed by atoms with Gasteiger partial charge in [0.05, 0.1) is 23.2 Å². The van der Waals surface area contributed by atoms with E-state index in [1.807, 2.05) is 13.8 Å². The maximum absolute atomic E-state index is 12.9. The number of rotatable bonds is 6. The summed E-state index contributed by atoms with van der Waals surface area (Å²) >= 11 is 1.30. The number of esters is 2. The van der Waals surface area contributed by atoms with Crippen molar-refractivity contribution in [3.05, 3.63) is 16.0 Å². The molecule has 0 radical (unpaired) electrons. The Balaban J connectivity index is 1.40. The fourth-order valence-corrected chi connectivity index (χ4v) is 7.13. The van der Waals surface area contributed by atoms with Crippen molar-refractivity contribution in [1.29, 1.82) is 0 Å². The van der Waals surface area contributed by atoms with Gasteiger partial charge in [0.1, 0.15) is 5.00 Å². The lowest BCUT2D eigenvalue weighted by Gasteiger charge is -2.58. The van der Waals surface area contributed by atoms with E-state index in [0.29, 0.717) is 28.8 Å². The Morgan fingerprint density at radius 1 is 1.13 bits per heavy atom. The first-order valence-corrected chi connectivity index (χ1v) is 11.4. The van der Waals surface area contributed by atoms with E-state index < -0.39 is 29.5 Å². The number of hydrogen-bond acceptors (Lipinski definition) is 7. The van der Waals surface area contributed by atoms with Crippen molar-refractivity contribution < 1.29 is 29.0 Å². The Morgan fingerprint density at radius 3 is 2.40 bits per heavy atom. The standard InChI is InChI=1S/C22H29NO6S/c1-4-28-19(25)17-12(2)13(3)30-18(17)23-16(24)10-29-20(26)21-6-14-5-15(7-21)9-22(27,8-14)11-21/h14-15,27H,4-11H2,1-3H3,(H,23,24). The molecule has 4 fully saturated rings. The largest absolute Gasteiger partial charge is 0.462 e. The van der Waals surface area contributed by atoms with Gasteiger partial charge in [0, 0.05) is 4.88 Å². The minimum atomic E-state index is -0.758. The lowest BCUT2D eigenvalue weighted by atomic mass is 9.48. The number of amides is 1. The van der Waals surface area contributed by atoms with Gasteiger partial charge in [0.2, 0.25) is 0 Å². The third kappa shape index (κ3) is 3.75. The van der Waals surface area contributed by atoms with Crippen LogP contribution in [0.5, 0.6) is 0 Å². The number of ether oxygens (including phenoxy) is 2. The molecule has 1 aromatic rings. The molecular formula is C22H29NO6S. The normalized spacial score (nSPS) is 31.5. The van der Waals surface area contributed by atoms with Crippen LogP contribution >= 0.6 is 11.3 Å². The van der Waals surface area contributed by atoms with Crippen molar-refractivity contribution in [2.45, 2.75) is 64.9 Å². The van der Waals surface area contributed by atoms with E-state index in [9.17, 15) is 19.5 Å². The summed E-state index contributed by atoms with van der Waals surface area (Å²) in [6.07, 6.45) is 4.53. The summed E-state index contributed by atoms with van der Waals surface area (Å²) in [7, 11) is 0. The van der Waals surface area contributed by atoms with Crippen LogP contribution in [-0.4, -0.2) is 41.8 Å². The molecule has 1 aromatic heterocycles. The zero-order valence-electron chi connectivity index (χ0n) is 17.7. The molecule has 2 N–H and O–H groups in total. The second kappa shape index (κ2) is 7.64. The van der Waals surface area contributed by atoms with E-state index in [1.165, 1.54) is 11.3 Å². The number of hydrogen-bond donors (Lipinski definition) is 2. The molecule has 0 saturated heterocycles. The minimum absolute atomic E-state index is 0.245. The molecule has 5 rings (SSSR count). The van der Waals surface area contributed by atoms with Crippen LogP contribution in [0.1, 0.15) is 66.2 Å². The van der Waals surface area contributed by atoms with Gasteiger partial charge in [-0.25, -0.2) is 4.79 Å². The van der Waals surface area contributed by atoms with Crippen LogP contribution in [0.3, 0.4) is 0 Å². The number of nitrogens with one attached hydrogen (secondary N) is 1. The minimum Gasteiger partial charge on any atom is -0.462 e. The highest BCUT2D eigenvalue weighted by Gasteiger charge is 2.60. The Labute approximate surface area is 180 Å². The number of carbonyl (C=O) groups excluding carboxylic acids is 3. The zero-order valence-corrected chi connectivity index (χ0v) is 18.5. The van der Waals surface area contributed by atoms with E-state index in [-0.39, 0.29) is 12.6 Å². The van der Waals surface area contributed by atoms with Gasteiger partial charge in [-0.15, -0.1) is 11.3 Å². The quantitative estimate of drug-likeness (QED) is 0.665. The monoisotopic (exact) mass is 435 g/mol. The van der Waals surface area contributed by atoms with Gasteiger partial charge in [-0.3, -0.25) is 9.59 Å². The number of aliphatic hydroxyl groups is 1. The van der Waals surface area contributed by atoms with E-state index in [2.05, 4.69) is 5.32 Å². The average Bonchev–Trinajstić information content (AvgIpc) is 2.91. The highest BCUT2D eigenvalue weighted by molar-refractivity contribution is 7.16. The van der Waals surface area contributed by atoms with Crippen molar-refractivity contribution in [2.75, 3.05) is 18.5 Å². The van der Waals surface area contributed by atoms with Gasteiger partial charge < -0.3 is 19.9 Å². The first-order chi connectivity index (χ1) is 14.1. The lowest BCUT2D eigenvalue weighted by Crippen LogP contribution is -2.58. The van der Waals surface area contributed by atoms with Gasteiger partial charge in [-0.2, -0.15) is 0 Å². The number of thiophene rings is 1. The molecule has 0 spiro atoms. The summed E-state index contributed by atoms with van der Waals surface area (Å²) in [5, 5.41) is 13.9. The van der Waals surface area contributed by atoms with Crippen molar-refractivity contribution in [2.24, 2.45) is 17.3 Å². The molecule has 7 nitrogen and oxygen atoms in total. The Bertz CT molecular complexity index is 876. The lowest BCUT2D eigenvalue weighted by molar-refractivity contribution is -0.196. The van der Waals surface area contributed by atoms with E-state index in [1.54, 1.807) is 6.92 Å². The summed E-state index contributed by atoms with van der Waals surface area (Å²) in [5.74, 6) is -0.620. The maximum Gasteiger partial charge on any atom is 0.341 e. The molecule has 0 aromatic carbocycles. The predicted octanol–water partition coefficient (Wildman–Crippen LogP) is 3.35. The molecule has 1 amide bonds. The van der Waals surface area contributed by atoms with Crippen molar-refractivity contribution >= 4 is 34.2 Å². The van der Waals surface area contributed by atoms with Crippen LogP contribution in [0.15, 0.2) is 0 Å². The summed E-state index contributed by atoms with van der Waals surface area (Å²) in [4.78, 5) is 38.6. The van der Waals surface area contributed by atoms with E-state index in [4.69, 9.17) is 9.47 Å². The molecule has 1 heterocycles. The highest BCUT2D eigenvalue weighted by Crippen LogP contribution is 2.61. The smallest absolute Gasteiger partial charge is 0.341 e. The van der Waals surface area contributed by atoms with Crippen LogP contribution in [0.2, 0.25) is 0 Å². The summed E-state index contributed by atoms with van der Waals surface area (Å²) in [6.45, 7) is 5.24. The summed E-state index contributed by atoms with van der Waals surface area (Å²) in [6, 6.07) is 0. The molecule has 4 aliphatic rings. The highest BCUT2D eigenvalue weighted by atomic mass is 32.1. The first kappa shape index (κ1) is 21.3. The van der Waals surface area contributed by atoms with Crippen LogP contribution in [0, 0.1) is 31.1 Å². The second-order valence-electron chi connectivity index (χ2n) is 9.30. The van der Waals surface area contributed by atoms with Crippen molar-refractivity contribution in [3.8, 4) is 0 Å². The number of aryl methyl sites for hydroxylation is 1.